The molecule has 0 bridgehead atoms. The van der Waals surface area contributed by atoms with E-state index in [0.717, 1.165) is 18.9 Å². The van der Waals surface area contributed by atoms with Crippen LogP contribution in [-0.2, 0) is 4.74 Å². The van der Waals surface area contributed by atoms with Crippen molar-refractivity contribution >= 4 is 15.9 Å². The average Bonchev–Trinajstić information content (AvgIpc) is 2.27. The third-order valence-corrected chi connectivity index (χ3v) is 2.83. The molecule has 1 fully saturated rings. The van der Waals surface area contributed by atoms with Crippen LogP contribution in [0, 0.1) is 11.6 Å². The number of hydrogen-bond acceptors (Lipinski definition) is 2. The first kappa shape index (κ1) is 11.8. The molecule has 0 amide bonds. The molecule has 0 aliphatic carbocycles. The number of ether oxygens (including phenoxy) is 2. The highest BCUT2D eigenvalue weighted by Crippen LogP contribution is 2.27. The van der Waals surface area contributed by atoms with Gasteiger partial charge in [-0.15, -0.1) is 0 Å². The van der Waals surface area contributed by atoms with E-state index in [0.29, 0.717) is 17.7 Å². The molecule has 1 aromatic carbocycles. The summed E-state index contributed by atoms with van der Waals surface area (Å²) in [5.41, 5.74) is 0. The Morgan fingerprint density at radius 1 is 1.38 bits per heavy atom. The maximum atomic E-state index is 13.4. The van der Waals surface area contributed by atoms with Crippen LogP contribution in [0.4, 0.5) is 8.78 Å². The highest BCUT2D eigenvalue weighted by Gasteiger charge is 2.19. The smallest absolute Gasteiger partial charge is 0.200 e. The van der Waals surface area contributed by atoms with Crippen molar-refractivity contribution in [2.45, 2.75) is 18.9 Å². The fourth-order valence-electron chi connectivity index (χ4n) is 1.60. The predicted octanol–water partition coefficient (Wildman–Crippen LogP) is 3.29. The highest BCUT2D eigenvalue weighted by molar-refractivity contribution is 9.10. The Balaban J connectivity index is 2.13. The summed E-state index contributed by atoms with van der Waals surface area (Å²) in [4.78, 5) is 0. The largest absolute Gasteiger partial charge is 0.485 e. The zero-order valence-electron chi connectivity index (χ0n) is 8.51. The van der Waals surface area contributed by atoms with Crippen molar-refractivity contribution in [1.29, 1.82) is 0 Å². The fourth-order valence-corrected chi connectivity index (χ4v) is 2.01. The molecular weight excluding hydrogens is 282 g/mol. The van der Waals surface area contributed by atoms with Crippen molar-refractivity contribution in [3.05, 3.63) is 28.2 Å². The molecule has 1 aromatic rings. The van der Waals surface area contributed by atoms with Gasteiger partial charge in [0.2, 0.25) is 5.82 Å². The van der Waals surface area contributed by atoms with E-state index in [1.807, 2.05) is 0 Å². The molecule has 1 heterocycles. The Morgan fingerprint density at radius 2 is 2.19 bits per heavy atom. The van der Waals surface area contributed by atoms with Crippen molar-refractivity contribution in [2.24, 2.45) is 0 Å². The second-order valence-corrected chi connectivity index (χ2v) is 4.57. The van der Waals surface area contributed by atoms with Gasteiger partial charge >= 0.3 is 0 Å². The van der Waals surface area contributed by atoms with E-state index >= 15 is 0 Å². The lowest BCUT2D eigenvalue weighted by Gasteiger charge is -2.23. The molecule has 88 valence electrons. The zero-order valence-corrected chi connectivity index (χ0v) is 10.1. The van der Waals surface area contributed by atoms with Gasteiger partial charge in [-0.05, 0) is 25.0 Å². The van der Waals surface area contributed by atoms with Crippen LogP contribution >= 0.6 is 15.9 Å². The van der Waals surface area contributed by atoms with E-state index in [9.17, 15) is 8.78 Å². The van der Waals surface area contributed by atoms with Gasteiger partial charge in [-0.2, -0.15) is 4.39 Å². The highest BCUT2D eigenvalue weighted by atomic mass is 79.9. The van der Waals surface area contributed by atoms with Crippen LogP contribution in [0.5, 0.6) is 5.75 Å². The molecule has 0 N–H and O–H groups in total. The van der Waals surface area contributed by atoms with Gasteiger partial charge in [-0.3, -0.25) is 0 Å². The number of hydrogen-bond donors (Lipinski definition) is 0. The van der Waals surface area contributed by atoms with Gasteiger partial charge in [-0.25, -0.2) is 4.39 Å². The molecule has 16 heavy (non-hydrogen) atoms. The summed E-state index contributed by atoms with van der Waals surface area (Å²) in [6.07, 6.45) is 1.48. The minimum absolute atomic E-state index is 0.0672. The van der Waals surface area contributed by atoms with Gasteiger partial charge in [0.15, 0.2) is 11.6 Å². The Bertz CT molecular complexity index is 378. The van der Waals surface area contributed by atoms with Crippen molar-refractivity contribution in [1.82, 2.24) is 0 Å². The number of benzene rings is 1. The SMILES string of the molecule is Fc1cc(Br)cc(OC2CCCOC2)c1F. The molecule has 2 rings (SSSR count). The molecule has 1 atom stereocenters. The van der Waals surface area contributed by atoms with Crippen LogP contribution in [0.25, 0.3) is 0 Å². The second-order valence-electron chi connectivity index (χ2n) is 3.66. The third-order valence-electron chi connectivity index (χ3n) is 2.37. The maximum absolute atomic E-state index is 13.4. The second kappa shape index (κ2) is 5.10. The molecular formula is C11H11BrF2O2. The normalized spacial score (nSPS) is 20.8. The molecule has 1 unspecified atom stereocenters. The summed E-state index contributed by atoms with van der Waals surface area (Å²) >= 11 is 3.09. The van der Waals surface area contributed by atoms with E-state index in [1.165, 1.54) is 6.07 Å². The molecule has 1 aliphatic rings. The molecule has 5 heteroatoms. The topological polar surface area (TPSA) is 18.5 Å². The lowest BCUT2D eigenvalue weighted by atomic mass is 10.2. The first-order chi connectivity index (χ1) is 7.66. The van der Waals surface area contributed by atoms with Crippen molar-refractivity contribution in [3.63, 3.8) is 0 Å². The monoisotopic (exact) mass is 292 g/mol. The predicted molar refractivity (Wildman–Crippen MR) is 58.5 cm³/mol. The van der Waals surface area contributed by atoms with E-state index in [4.69, 9.17) is 9.47 Å². The molecule has 2 nitrogen and oxygen atoms in total. The Labute approximate surface area is 101 Å². The van der Waals surface area contributed by atoms with Gasteiger partial charge in [0.1, 0.15) is 6.10 Å². The van der Waals surface area contributed by atoms with E-state index < -0.39 is 11.6 Å². The molecule has 0 radical (unpaired) electrons. The molecule has 0 spiro atoms. The molecule has 1 aliphatic heterocycles. The summed E-state index contributed by atoms with van der Waals surface area (Å²) in [7, 11) is 0. The van der Waals surface area contributed by atoms with Crippen LogP contribution in [0.3, 0.4) is 0 Å². The Morgan fingerprint density at radius 3 is 2.88 bits per heavy atom. The summed E-state index contributed by atoms with van der Waals surface area (Å²) < 4.78 is 37.5. The lowest BCUT2D eigenvalue weighted by molar-refractivity contribution is 0.00558. The van der Waals surface area contributed by atoms with Crippen molar-refractivity contribution < 1.29 is 18.3 Å². The summed E-state index contributed by atoms with van der Waals surface area (Å²) in [6.45, 7) is 1.13. The van der Waals surface area contributed by atoms with Gasteiger partial charge in [-0.1, -0.05) is 15.9 Å². The lowest BCUT2D eigenvalue weighted by Crippen LogP contribution is -2.28. The quantitative estimate of drug-likeness (QED) is 0.779. The standard InChI is InChI=1S/C11H11BrF2O2/c12-7-4-9(13)11(14)10(5-7)16-8-2-1-3-15-6-8/h4-5,8H,1-3,6H2. The first-order valence-corrected chi connectivity index (χ1v) is 5.85. The minimum Gasteiger partial charge on any atom is -0.485 e. The van der Waals surface area contributed by atoms with Crippen LogP contribution in [-0.4, -0.2) is 19.3 Å². The zero-order chi connectivity index (χ0) is 11.5. The fraction of sp³-hybridized carbons (Fsp3) is 0.455. The third kappa shape index (κ3) is 2.71. The number of halogens is 3. The summed E-state index contributed by atoms with van der Waals surface area (Å²) in [5.74, 6) is -1.93. The van der Waals surface area contributed by atoms with E-state index in [-0.39, 0.29) is 11.9 Å². The van der Waals surface area contributed by atoms with Gasteiger partial charge < -0.3 is 9.47 Å². The first-order valence-electron chi connectivity index (χ1n) is 5.06. The van der Waals surface area contributed by atoms with Crippen LogP contribution < -0.4 is 4.74 Å². The van der Waals surface area contributed by atoms with Gasteiger partial charge in [0, 0.05) is 11.1 Å². The molecule has 0 aromatic heterocycles. The van der Waals surface area contributed by atoms with Crippen molar-refractivity contribution in [2.75, 3.05) is 13.2 Å². The molecule has 0 saturated carbocycles. The Kier molecular flexibility index (Phi) is 3.76. The molecule has 1 saturated heterocycles. The maximum Gasteiger partial charge on any atom is 0.200 e. The van der Waals surface area contributed by atoms with Crippen LogP contribution in [0.15, 0.2) is 16.6 Å². The van der Waals surface area contributed by atoms with Crippen LogP contribution in [0.1, 0.15) is 12.8 Å². The Hall–Kier alpha value is -0.680. The van der Waals surface area contributed by atoms with Gasteiger partial charge in [0.25, 0.3) is 0 Å². The van der Waals surface area contributed by atoms with E-state index in [2.05, 4.69) is 15.9 Å². The minimum atomic E-state index is -0.950. The number of rotatable bonds is 2. The van der Waals surface area contributed by atoms with Crippen LogP contribution in [0.2, 0.25) is 0 Å². The van der Waals surface area contributed by atoms with E-state index in [1.54, 1.807) is 0 Å². The van der Waals surface area contributed by atoms with Gasteiger partial charge in [0.05, 0.1) is 6.61 Å². The summed E-state index contributed by atoms with van der Waals surface area (Å²) in [6, 6.07) is 2.49. The summed E-state index contributed by atoms with van der Waals surface area (Å²) in [5, 5.41) is 0. The van der Waals surface area contributed by atoms with Crippen molar-refractivity contribution in [3.8, 4) is 5.75 Å². The average molecular weight is 293 g/mol.